The lowest BCUT2D eigenvalue weighted by atomic mass is 9.93. The number of rotatable bonds is 3. The number of esters is 1. The molecule has 0 atom stereocenters. The Morgan fingerprint density at radius 3 is 2.79 bits per heavy atom. The van der Waals surface area contributed by atoms with E-state index in [0.29, 0.717) is 46.8 Å². The summed E-state index contributed by atoms with van der Waals surface area (Å²) in [5.74, 6) is 0.107. The Morgan fingerprint density at radius 1 is 1.32 bits per heavy atom. The van der Waals surface area contributed by atoms with Gasteiger partial charge in [-0.2, -0.15) is 0 Å². The van der Waals surface area contributed by atoms with Gasteiger partial charge in [-0.25, -0.2) is 4.79 Å². The van der Waals surface area contributed by atoms with E-state index in [9.17, 15) is 9.59 Å². The number of carbonyl (C=O) groups is 1. The summed E-state index contributed by atoms with van der Waals surface area (Å²) in [6.45, 7) is 2.94. The van der Waals surface area contributed by atoms with E-state index in [-0.39, 0.29) is 6.42 Å². The highest BCUT2D eigenvalue weighted by atomic mass is 35.5. The maximum absolute atomic E-state index is 12.6. The van der Waals surface area contributed by atoms with E-state index in [1.54, 1.807) is 6.07 Å². The number of hydrogen-bond acceptors (Lipinski definition) is 6. The monoisotopic (exact) mass is 405 g/mol. The topological polar surface area (TPSA) is 69.0 Å². The van der Waals surface area contributed by atoms with Crippen molar-refractivity contribution in [2.24, 2.45) is 0 Å². The van der Waals surface area contributed by atoms with Gasteiger partial charge in [0.2, 0.25) is 0 Å². The first-order valence-electron chi connectivity index (χ1n) is 9.71. The molecule has 0 saturated heterocycles. The molecule has 7 heteroatoms. The van der Waals surface area contributed by atoms with E-state index < -0.39 is 11.6 Å². The molecule has 1 saturated carbocycles. The molecule has 0 unspecified atom stereocenters. The smallest absolute Gasteiger partial charge is 0.340 e. The van der Waals surface area contributed by atoms with Crippen LogP contribution in [0, 0.1) is 6.92 Å². The fourth-order valence-corrected chi connectivity index (χ4v) is 4.61. The van der Waals surface area contributed by atoms with Crippen LogP contribution in [0.25, 0.3) is 11.0 Å². The number of carbonyl (C=O) groups excluding carboxylic acids is 1. The second-order valence-electron chi connectivity index (χ2n) is 7.60. The summed E-state index contributed by atoms with van der Waals surface area (Å²) in [7, 11) is 1.30. The SMILES string of the molecule is COC(=O)Cc1c(C)c2cc(Cl)c3c(c2oc1=O)CN(C1CCCCC1)CO3. The van der Waals surface area contributed by atoms with Crippen LogP contribution in [0.15, 0.2) is 15.3 Å². The second-order valence-corrected chi connectivity index (χ2v) is 8.01. The number of ether oxygens (including phenoxy) is 2. The molecule has 0 radical (unpaired) electrons. The minimum absolute atomic E-state index is 0.125. The highest BCUT2D eigenvalue weighted by Crippen LogP contribution is 2.41. The molecule has 1 aromatic carbocycles. The molecule has 1 aromatic heterocycles. The van der Waals surface area contributed by atoms with Gasteiger partial charge in [0, 0.05) is 18.0 Å². The molecule has 0 N–H and O–H groups in total. The third-order valence-electron chi connectivity index (χ3n) is 5.95. The summed E-state index contributed by atoms with van der Waals surface area (Å²) in [4.78, 5) is 26.6. The van der Waals surface area contributed by atoms with Crippen molar-refractivity contribution in [3.8, 4) is 5.75 Å². The normalized spacial score (nSPS) is 18.0. The summed E-state index contributed by atoms with van der Waals surface area (Å²) in [5.41, 5.74) is 1.78. The summed E-state index contributed by atoms with van der Waals surface area (Å²) in [6, 6.07) is 2.23. The van der Waals surface area contributed by atoms with Crippen molar-refractivity contribution >= 4 is 28.5 Å². The van der Waals surface area contributed by atoms with Gasteiger partial charge in [0.1, 0.15) is 18.1 Å². The standard InChI is InChI=1S/C21H24ClNO5/c1-12-14-8-17(22)20-16(10-23(11-27-20)13-6-4-3-5-7-13)19(14)28-21(25)15(12)9-18(24)26-2/h8,13H,3-7,9-11H2,1-2H3. The molecule has 2 heterocycles. The molecule has 150 valence electrons. The number of methoxy groups -OCH3 is 1. The van der Waals surface area contributed by atoms with Crippen LogP contribution in [0.5, 0.6) is 5.75 Å². The van der Waals surface area contributed by atoms with E-state index >= 15 is 0 Å². The third-order valence-corrected chi connectivity index (χ3v) is 6.24. The van der Waals surface area contributed by atoms with Gasteiger partial charge >= 0.3 is 11.6 Å². The molecule has 0 bridgehead atoms. The van der Waals surface area contributed by atoms with Crippen molar-refractivity contribution in [2.45, 2.75) is 58.0 Å². The first kappa shape index (κ1) is 19.3. The zero-order valence-electron chi connectivity index (χ0n) is 16.2. The van der Waals surface area contributed by atoms with Crippen molar-refractivity contribution in [1.29, 1.82) is 0 Å². The zero-order chi connectivity index (χ0) is 19.8. The Hall–Kier alpha value is -2.05. The van der Waals surface area contributed by atoms with Crippen molar-refractivity contribution in [3.63, 3.8) is 0 Å². The highest BCUT2D eigenvalue weighted by molar-refractivity contribution is 6.33. The van der Waals surface area contributed by atoms with Crippen LogP contribution in [-0.4, -0.2) is 30.8 Å². The van der Waals surface area contributed by atoms with Gasteiger partial charge in [0.25, 0.3) is 0 Å². The molecular weight excluding hydrogens is 382 g/mol. The molecule has 1 aliphatic heterocycles. The second kappa shape index (κ2) is 7.76. The summed E-state index contributed by atoms with van der Waals surface area (Å²) in [5, 5.41) is 1.23. The average molecular weight is 406 g/mol. The van der Waals surface area contributed by atoms with Crippen molar-refractivity contribution in [3.05, 3.63) is 38.2 Å². The largest absolute Gasteiger partial charge is 0.476 e. The molecule has 2 aromatic rings. The van der Waals surface area contributed by atoms with Crippen LogP contribution in [0.4, 0.5) is 0 Å². The molecule has 6 nitrogen and oxygen atoms in total. The van der Waals surface area contributed by atoms with E-state index in [1.807, 2.05) is 6.92 Å². The van der Waals surface area contributed by atoms with E-state index in [4.69, 9.17) is 25.5 Å². The first-order valence-corrected chi connectivity index (χ1v) is 10.1. The molecular formula is C21H24ClNO5. The minimum Gasteiger partial charge on any atom is -0.476 e. The molecule has 0 spiro atoms. The van der Waals surface area contributed by atoms with Crippen LogP contribution in [0.1, 0.15) is 48.8 Å². The number of halogens is 1. The van der Waals surface area contributed by atoms with Gasteiger partial charge < -0.3 is 13.9 Å². The first-order chi connectivity index (χ1) is 13.5. The van der Waals surface area contributed by atoms with Gasteiger partial charge in [-0.1, -0.05) is 30.9 Å². The van der Waals surface area contributed by atoms with Gasteiger partial charge in [-0.15, -0.1) is 0 Å². The number of nitrogens with zero attached hydrogens (tertiary/aromatic N) is 1. The molecule has 1 aliphatic carbocycles. The van der Waals surface area contributed by atoms with Gasteiger partial charge in [0.05, 0.1) is 29.7 Å². The molecule has 0 amide bonds. The Bertz CT molecular complexity index is 977. The van der Waals surface area contributed by atoms with E-state index in [1.165, 1.54) is 26.4 Å². The summed E-state index contributed by atoms with van der Waals surface area (Å²) >= 11 is 6.50. The maximum Gasteiger partial charge on any atom is 0.340 e. The van der Waals surface area contributed by atoms with Crippen LogP contribution in [0.3, 0.4) is 0 Å². The van der Waals surface area contributed by atoms with Crippen molar-refractivity contribution < 1.29 is 18.7 Å². The number of benzene rings is 1. The third kappa shape index (κ3) is 3.40. The number of aryl methyl sites for hydroxylation is 1. The Labute approximate surface area is 168 Å². The predicted octanol–water partition coefficient (Wildman–Crippen LogP) is 3.95. The molecule has 1 fully saturated rings. The Kier molecular flexibility index (Phi) is 5.34. The lowest BCUT2D eigenvalue weighted by molar-refractivity contribution is -0.139. The average Bonchev–Trinajstić information content (AvgIpc) is 2.72. The van der Waals surface area contributed by atoms with Crippen LogP contribution >= 0.6 is 11.6 Å². The van der Waals surface area contributed by atoms with Gasteiger partial charge in [0.15, 0.2) is 0 Å². The highest BCUT2D eigenvalue weighted by Gasteiger charge is 2.30. The lowest BCUT2D eigenvalue weighted by Crippen LogP contribution is -2.41. The van der Waals surface area contributed by atoms with E-state index in [0.717, 1.165) is 23.8 Å². The zero-order valence-corrected chi connectivity index (χ0v) is 16.9. The van der Waals surface area contributed by atoms with Crippen LogP contribution in [0.2, 0.25) is 5.02 Å². The molecule has 2 aliphatic rings. The molecule has 28 heavy (non-hydrogen) atoms. The van der Waals surface area contributed by atoms with Crippen LogP contribution < -0.4 is 10.4 Å². The number of hydrogen-bond donors (Lipinski definition) is 0. The minimum atomic E-state index is -0.519. The number of fused-ring (bicyclic) bond motifs is 3. The quantitative estimate of drug-likeness (QED) is 0.568. The lowest BCUT2D eigenvalue weighted by Gasteiger charge is -2.37. The Balaban J connectivity index is 1.79. The fraction of sp³-hybridized carbons (Fsp3) is 0.524. The van der Waals surface area contributed by atoms with Crippen molar-refractivity contribution in [2.75, 3.05) is 13.8 Å². The van der Waals surface area contributed by atoms with Crippen LogP contribution in [-0.2, 0) is 22.5 Å². The summed E-state index contributed by atoms with van der Waals surface area (Å²) in [6.07, 6.45) is 5.94. The Morgan fingerprint density at radius 2 is 2.07 bits per heavy atom. The van der Waals surface area contributed by atoms with E-state index in [2.05, 4.69) is 4.90 Å². The van der Waals surface area contributed by atoms with Gasteiger partial charge in [-0.3, -0.25) is 9.69 Å². The predicted molar refractivity (Wildman–Crippen MR) is 106 cm³/mol. The fourth-order valence-electron chi connectivity index (χ4n) is 4.33. The van der Waals surface area contributed by atoms with Crippen molar-refractivity contribution in [1.82, 2.24) is 4.90 Å². The molecule has 4 rings (SSSR count). The maximum atomic E-state index is 12.6. The summed E-state index contributed by atoms with van der Waals surface area (Å²) < 4.78 is 16.4. The van der Waals surface area contributed by atoms with Gasteiger partial charge in [-0.05, 0) is 31.4 Å².